The lowest BCUT2D eigenvalue weighted by Gasteiger charge is -2.28. The summed E-state index contributed by atoms with van der Waals surface area (Å²) < 4.78 is 5.81. The number of amidine groups is 2. The Kier molecular flexibility index (Phi) is 4.40. The third kappa shape index (κ3) is 3.44. The molecule has 0 amide bonds. The molecule has 2 aromatic carbocycles. The van der Waals surface area contributed by atoms with Crippen LogP contribution in [0, 0.1) is 0 Å². The van der Waals surface area contributed by atoms with Gasteiger partial charge in [-0.25, -0.2) is 20.0 Å². The van der Waals surface area contributed by atoms with Crippen molar-refractivity contribution in [2.24, 2.45) is 20.0 Å². The van der Waals surface area contributed by atoms with E-state index in [1.807, 2.05) is 61.5 Å². The Morgan fingerprint density at radius 3 is 2.54 bits per heavy atom. The maximum absolute atomic E-state index is 5.81. The Balaban J connectivity index is 1.43. The van der Waals surface area contributed by atoms with E-state index < -0.39 is 4.99 Å². The van der Waals surface area contributed by atoms with Gasteiger partial charge in [0.25, 0.3) is 0 Å². The first-order chi connectivity index (χ1) is 12.6. The summed E-state index contributed by atoms with van der Waals surface area (Å²) in [5.74, 6) is 2.78. The van der Waals surface area contributed by atoms with E-state index >= 15 is 0 Å². The summed E-state index contributed by atoms with van der Waals surface area (Å²) in [7, 11) is 0. The molecule has 2 aliphatic rings. The number of hydrogen-bond donors (Lipinski definition) is 2. The lowest BCUT2D eigenvalue weighted by atomic mass is 10.2. The van der Waals surface area contributed by atoms with Gasteiger partial charge in [-0.15, -0.1) is 12.6 Å². The molecule has 0 aliphatic carbocycles. The predicted octanol–water partition coefficient (Wildman–Crippen LogP) is 3.47. The van der Waals surface area contributed by atoms with Gasteiger partial charge in [-0.3, -0.25) is 5.32 Å². The van der Waals surface area contributed by atoms with Crippen LogP contribution in [0.2, 0.25) is 0 Å². The van der Waals surface area contributed by atoms with Crippen LogP contribution in [0.4, 0.5) is 0 Å². The van der Waals surface area contributed by atoms with E-state index in [1.165, 1.54) is 6.34 Å². The Morgan fingerprint density at radius 2 is 1.77 bits per heavy atom. The number of aliphatic imine (C=N–C) groups is 4. The molecule has 0 spiro atoms. The molecule has 0 saturated heterocycles. The van der Waals surface area contributed by atoms with Gasteiger partial charge >= 0.3 is 0 Å². The minimum absolute atomic E-state index is 0.562. The molecule has 2 aliphatic heterocycles. The molecule has 130 valence electrons. The molecule has 4 rings (SSSR count). The zero-order valence-electron chi connectivity index (χ0n) is 14.1. The van der Waals surface area contributed by atoms with Crippen LogP contribution in [0.3, 0.4) is 0 Å². The molecule has 7 heteroatoms. The highest BCUT2D eigenvalue weighted by atomic mass is 32.1. The number of benzene rings is 2. The molecule has 0 radical (unpaired) electrons. The van der Waals surface area contributed by atoms with E-state index in [2.05, 4.69) is 37.9 Å². The standard InChI is InChI=1S/C19H17N5OS/c1-13-23-18-17(20-12-21-18)19(26,24-13)22-11-14-7-9-16(10-8-14)25-15-5-3-2-4-6-15/h2-10,12,22,26H,11H2,1H3. The van der Waals surface area contributed by atoms with Crippen molar-refractivity contribution in [3.63, 3.8) is 0 Å². The molecule has 26 heavy (non-hydrogen) atoms. The number of para-hydroxylation sites is 1. The smallest absolute Gasteiger partial charge is 0.204 e. The van der Waals surface area contributed by atoms with Crippen molar-refractivity contribution in [2.75, 3.05) is 0 Å². The molecule has 2 aromatic rings. The molecule has 2 heterocycles. The second kappa shape index (κ2) is 6.86. The van der Waals surface area contributed by atoms with Crippen molar-refractivity contribution in [1.29, 1.82) is 0 Å². The summed E-state index contributed by atoms with van der Waals surface area (Å²) in [5.41, 5.74) is 1.70. The molecule has 1 N–H and O–H groups in total. The number of rotatable bonds is 5. The maximum Gasteiger partial charge on any atom is 0.204 e. The summed E-state index contributed by atoms with van der Waals surface area (Å²) in [5, 5.41) is 3.33. The topological polar surface area (TPSA) is 70.7 Å². The SMILES string of the molecule is CC1=NC(S)(NCc2ccc(Oc3ccccc3)cc2)C2=NC=NC2=N1. The lowest BCUT2D eigenvalue weighted by Crippen LogP contribution is -2.50. The van der Waals surface area contributed by atoms with Gasteiger partial charge in [0.15, 0.2) is 5.84 Å². The van der Waals surface area contributed by atoms with Gasteiger partial charge in [-0.1, -0.05) is 30.3 Å². The van der Waals surface area contributed by atoms with Crippen LogP contribution in [0.1, 0.15) is 12.5 Å². The predicted molar refractivity (Wildman–Crippen MR) is 108 cm³/mol. The van der Waals surface area contributed by atoms with Crippen molar-refractivity contribution < 1.29 is 4.74 Å². The van der Waals surface area contributed by atoms with Crippen LogP contribution in [0.25, 0.3) is 0 Å². The third-order valence-corrected chi connectivity index (χ3v) is 4.41. The first-order valence-corrected chi connectivity index (χ1v) is 8.63. The molecule has 0 fully saturated rings. The maximum atomic E-state index is 5.81. The first-order valence-electron chi connectivity index (χ1n) is 8.18. The van der Waals surface area contributed by atoms with Crippen LogP contribution in [0.15, 0.2) is 74.6 Å². The number of ether oxygens (including phenoxy) is 1. The number of nitrogens with zero attached hydrogens (tertiary/aromatic N) is 4. The van der Waals surface area contributed by atoms with E-state index in [4.69, 9.17) is 4.74 Å². The largest absolute Gasteiger partial charge is 0.457 e. The van der Waals surface area contributed by atoms with Gasteiger partial charge in [0.05, 0.1) is 0 Å². The second-order valence-electron chi connectivity index (χ2n) is 5.90. The number of thiol groups is 1. The summed E-state index contributed by atoms with van der Waals surface area (Å²) in [4.78, 5) is 16.2. The Hall–Kier alpha value is -2.77. The zero-order chi connectivity index (χ0) is 18.0. The molecule has 0 saturated carbocycles. The van der Waals surface area contributed by atoms with Crippen molar-refractivity contribution in [1.82, 2.24) is 5.32 Å². The molecular weight excluding hydrogens is 346 g/mol. The van der Waals surface area contributed by atoms with Crippen LogP contribution in [-0.4, -0.2) is 28.7 Å². The average molecular weight is 363 g/mol. The highest BCUT2D eigenvalue weighted by Gasteiger charge is 2.38. The monoisotopic (exact) mass is 363 g/mol. The van der Waals surface area contributed by atoms with Crippen molar-refractivity contribution in [3.8, 4) is 11.5 Å². The van der Waals surface area contributed by atoms with Crippen LogP contribution < -0.4 is 10.1 Å². The summed E-state index contributed by atoms with van der Waals surface area (Å²) in [6, 6.07) is 17.6. The molecule has 0 bridgehead atoms. The van der Waals surface area contributed by atoms with E-state index in [0.717, 1.165) is 17.1 Å². The van der Waals surface area contributed by atoms with Crippen molar-refractivity contribution >= 4 is 36.4 Å². The van der Waals surface area contributed by atoms with E-state index in [1.54, 1.807) is 0 Å². The quantitative estimate of drug-likeness (QED) is 0.631. The van der Waals surface area contributed by atoms with Crippen LogP contribution in [0.5, 0.6) is 11.5 Å². The highest BCUT2D eigenvalue weighted by molar-refractivity contribution is 7.83. The van der Waals surface area contributed by atoms with E-state index in [0.29, 0.717) is 23.9 Å². The van der Waals surface area contributed by atoms with Gasteiger partial charge in [0, 0.05) is 6.54 Å². The highest BCUT2D eigenvalue weighted by Crippen LogP contribution is 2.25. The molecule has 1 atom stereocenters. The summed E-state index contributed by atoms with van der Waals surface area (Å²) in [6.07, 6.45) is 1.48. The van der Waals surface area contributed by atoms with Crippen LogP contribution >= 0.6 is 12.6 Å². The Morgan fingerprint density at radius 1 is 1.04 bits per heavy atom. The van der Waals surface area contributed by atoms with Gasteiger partial charge in [0.1, 0.15) is 29.4 Å². The average Bonchev–Trinajstić information content (AvgIpc) is 3.11. The van der Waals surface area contributed by atoms with Crippen molar-refractivity contribution in [2.45, 2.75) is 18.5 Å². The molecule has 6 nitrogen and oxygen atoms in total. The van der Waals surface area contributed by atoms with E-state index in [-0.39, 0.29) is 0 Å². The number of hydrogen-bond acceptors (Lipinski definition) is 7. The van der Waals surface area contributed by atoms with Gasteiger partial charge in [0.2, 0.25) is 4.99 Å². The van der Waals surface area contributed by atoms with Crippen LogP contribution in [-0.2, 0) is 6.54 Å². The Labute approximate surface area is 156 Å². The third-order valence-electron chi connectivity index (χ3n) is 3.94. The molecule has 0 aromatic heterocycles. The second-order valence-corrected chi connectivity index (χ2v) is 6.55. The number of nitrogens with one attached hydrogen (secondary N) is 1. The minimum Gasteiger partial charge on any atom is -0.457 e. The normalized spacial score (nSPS) is 20.9. The molecule has 1 unspecified atom stereocenters. The fourth-order valence-corrected chi connectivity index (χ4v) is 3.08. The van der Waals surface area contributed by atoms with Gasteiger partial charge in [-0.05, 0) is 36.8 Å². The van der Waals surface area contributed by atoms with Gasteiger partial charge < -0.3 is 4.74 Å². The number of fused-ring (bicyclic) bond motifs is 1. The summed E-state index contributed by atoms with van der Waals surface area (Å²) >= 11 is 4.69. The minimum atomic E-state index is -0.934. The zero-order valence-corrected chi connectivity index (χ0v) is 15.0. The van der Waals surface area contributed by atoms with Crippen molar-refractivity contribution in [3.05, 3.63) is 60.2 Å². The fraction of sp³-hybridized carbons (Fsp3) is 0.158. The lowest BCUT2D eigenvalue weighted by molar-refractivity contribution is 0.482. The van der Waals surface area contributed by atoms with Gasteiger partial charge in [-0.2, -0.15) is 0 Å². The first kappa shape index (κ1) is 16.7. The fourth-order valence-electron chi connectivity index (χ4n) is 2.70. The summed E-state index contributed by atoms with van der Waals surface area (Å²) in [6.45, 7) is 2.39. The molecular formula is C19H17N5OS. The Bertz CT molecular complexity index is 934. The van der Waals surface area contributed by atoms with E-state index in [9.17, 15) is 0 Å².